The standard InChI is InChI=1S/C15H27N3O2/c1-16-12-3-4-13(16)11-18(8-5-12)15(19)17-9-6-14(20-2)7-10-17/h12-14H,3-11H2,1-2H3. The highest BCUT2D eigenvalue weighted by atomic mass is 16.5. The van der Waals surface area contributed by atoms with Gasteiger partial charge in [-0.1, -0.05) is 0 Å². The van der Waals surface area contributed by atoms with Gasteiger partial charge >= 0.3 is 6.03 Å². The first-order chi connectivity index (χ1) is 9.69. The molecular formula is C15H27N3O2. The Kier molecular flexibility index (Phi) is 4.17. The van der Waals surface area contributed by atoms with Crippen LogP contribution >= 0.6 is 0 Å². The van der Waals surface area contributed by atoms with Gasteiger partial charge in [-0.15, -0.1) is 0 Å². The molecule has 3 fully saturated rings. The smallest absolute Gasteiger partial charge is 0.320 e. The number of fused-ring (bicyclic) bond motifs is 2. The Labute approximate surface area is 121 Å². The Morgan fingerprint density at radius 2 is 1.60 bits per heavy atom. The van der Waals surface area contributed by atoms with E-state index in [1.165, 1.54) is 12.8 Å². The molecular weight excluding hydrogens is 254 g/mol. The van der Waals surface area contributed by atoms with Crippen molar-refractivity contribution < 1.29 is 9.53 Å². The summed E-state index contributed by atoms with van der Waals surface area (Å²) < 4.78 is 5.38. The van der Waals surface area contributed by atoms with Crippen molar-refractivity contribution in [3.8, 4) is 0 Å². The minimum absolute atomic E-state index is 0.250. The molecule has 2 atom stereocenters. The Bertz CT molecular complexity index is 355. The quantitative estimate of drug-likeness (QED) is 0.728. The largest absolute Gasteiger partial charge is 0.381 e. The van der Waals surface area contributed by atoms with Gasteiger partial charge in [-0.3, -0.25) is 4.90 Å². The highest BCUT2D eigenvalue weighted by molar-refractivity contribution is 5.74. The molecule has 0 aromatic heterocycles. The normalized spacial score (nSPS) is 32.5. The molecule has 5 heteroatoms. The van der Waals surface area contributed by atoms with E-state index in [4.69, 9.17) is 4.74 Å². The number of amides is 2. The lowest BCUT2D eigenvalue weighted by Crippen LogP contribution is -2.50. The van der Waals surface area contributed by atoms with Crippen molar-refractivity contribution in [3.05, 3.63) is 0 Å². The monoisotopic (exact) mass is 281 g/mol. The van der Waals surface area contributed by atoms with Gasteiger partial charge < -0.3 is 14.5 Å². The highest BCUT2D eigenvalue weighted by Gasteiger charge is 2.37. The molecule has 3 heterocycles. The number of ether oxygens (including phenoxy) is 1. The second-order valence-electron chi connectivity index (χ2n) is 6.49. The summed E-state index contributed by atoms with van der Waals surface area (Å²) in [7, 11) is 3.99. The van der Waals surface area contributed by atoms with Gasteiger partial charge in [0.15, 0.2) is 0 Å². The molecule has 0 N–H and O–H groups in total. The molecule has 5 nitrogen and oxygen atoms in total. The predicted molar refractivity (Wildman–Crippen MR) is 77.8 cm³/mol. The van der Waals surface area contributed by atoms with Gasteiger partial charge in [-0.25, -0.2) is 4.79 Å². The maximum absolute atomic E-state index is 12.7. The van der Waals surface area contributed by atoms with Crippen LogP contribution in [0.5, 0.6) is 0 Å². The summed E-state index contributed by atoms with van der Waals surface area (Å²) in [6.45, 7) is 3.53. The van der Waals surface area contributed by atoms with Gasteiger partial charge in [-0.2, -0.15) is 0 Å². The number of urea groups is 1. The second kappa shape index (κ2) is 5.90. The molecule has 0 aromatic rings. The summed E-state index contributed by atoms with van der Waals surface area (Å²) in [5.41, 5.74) is 0. The van der Waals surface area contributed by atoms with Gasteiger partial charge in [0, 0.05) is 45.4 Å². The molecule has 3 aliphatic heterocycles. The average Bonchev–Trinajstić information content (AvgIpc) is 2.72. The van der Waals surface area contributed by atoms with E-state index in [0.717, 1.165) is 45.4 Å². The second-order valence-corrected chi connectivity index (χ2v) is 6.49. The van der Waals surface area contributed by atoms with Crippen LogP contribution in [0.3, 0.4) is 0 Å². The van der Waals surface area contributed by atoms with Crippen LogP contribution in [0.1, 0.15) is 32.1 Å². The fourth-order valence-electron chi connectivity index (χ4n) is 3.97. The molecule has 20 heavy (non-hydrogen) atoms. The summed E-state index contributed by atoms with van der Waals surface area (Å²) in [6.07, 6.45) is 5.97. The van der Waals surface area contributed by atoms with E-state index in [2.05, 4.69) is 16.8 Å². The maximum Gasteiger partial charge on any atom is 0.320 e. The van der Waals surface area contributed by atoms with E-state index in [1.807, 2.05) is 4.90 Å². The lowest BCUT2D eigenvalue weighted by molar-refractivity contribution is 0.0441. The summed E-state index contributed by atoms with van der Waals surface area (Å²) in [5.74, 6) is 0. The Morgan fingerprint density at radius 1 is 0.950 bits per heavy atom. The van der Waals surface area contributed by atoms with Gasteiger partial charge in [0.25, 0.3) is 0 Å². The number of carbonyl (C=O) groups excluding carboxylic acids is 1. The topological polar surface area (TPSA) is 36.0 Å². The number of piperidine rings is 1. The van der Waals surface area contributed by atoms with E-state index >= 15 is 0 Å². The summed E-state index contributed by atoms with van der Waals surface area (Å²) in [4.78, 5) is 19.3. The van der Waals surface area contributed by atoms with Crippen LogP contribution in [0.25, 0.3) is 0 Å². The maximum atomic E-state index is 12.7. The van der Waals surface area contributed by atoms with Crippen molar-refractivity contribution in [2.45, 2.75) is 50.3 Å². The van der Waals surface area contributed by atoms with Crippen LogP contribution in [-0.2, 0) is 4.74 Å². The van der Waals surface area contributed by atoms with E-state index in [0.29, 0.717) is 18.2 Å². The Morgan fingerprint density at radius 3 is 2.30 bits per heavy atom. The number of hydrogen-bond acceptors (Lipinski definition) is 3. The highest BCUT2D eigenvalue weighted by Crippen LogP contribution is 2.29. The molecule has 0 saturated carbocycles. The number of hydrogen-bond donors (Lipinski definition) is 0. The zero-order valence-electron chi connectivity index (χ0n) is 12.8. The van der Waals surface area contributed by atoms with E-state index < -0.39 is 0 Å². The van der Waals surface area contributed by atoms with Crippen molar-refractivity contribution >= 4 is 6.03 Å². The number of likely N-dealkylation sites (tertiary alicyclic amines) is 2. The minimum atomic E-state index is 0.250. The lowest BCUT2D eigenvalue weighted by Gasteiger charge is -2.36. The summed E-state index contributed by atoms with van der Waals surface area (Å²) in [5, 5.41) is 0. The van der Waals surface area contributed by atoms with Crippen molar-refractivity contribution in [2.75, 3.05) is 40.3 Å². The molecule has 3 saturated heterocycles. The number of rotatable bonds is 1. The van der Waals surface area contributed by atoms with Crippen LogP contribution in [0, 0.1) is 0 Å². The van der Waals surface area contributed by atoms with Crippen LogP contribution in [0.2, 0.25) is 0 Å². The van der Waals surface area contributed by atoms with Gasteiger partial charge in [0.1, 0.15) is 0 Å². The Hall–Kier alpha value is -0.810. The third-order valence-electron chi connectivity index (χ3n) is 5.46. The molecule has 3 aliphatic rings. The molecule has 0 aromatic carbocycles. The van der Waals surface area contributed by atoms with Crippen LogP contribution < -0.4 is 0 Å². The van der Waals surface area contributed by atoms with E-state index in [1.54, 1.807) is 7.11 Å². The molecule has 2 unspecified atom stereocenters. The number of methoxy groups -OCH3 is 1. The van der Waals surface area contributed by atoms with Gasteiger partial charge in [0.2, 0.25) is 0 Å². The lowest BCUT2D eigenvalue weighted by atomic mass is 10.1. The molecule has 3 rings (SSSR count). The molecule has 114 valence electrons. The van der Waals surface area contributed by atoms with E-state index in [9.17, 15) is 4.79 Å². The SMILES string of the molecule is COC1CCN(C(=O)N2CCC3CCC(C2)N3C)CC1. The van der Waals surface area contributed by atoms with Gasteiger partial charge in [-0.05, 0) is 39.2 Å². The Balaban J connectivity index is 1.58. The summed E-state index contributed by atoms with van der Waals surface area (Å²) >= 11 is 0. The third-order valence-corrected chi connectivity index (χ3v) is 5.46. The zero-order valence-corrected chi connectivity index (χ0v) is 12.8. The summed E-state index contributed by atoms with van der Waals surface area (Å²) in [6, 6.07) is 1.51. The minimum Gasteiger partial charge on any atom is -0.381 e. The first-order valence-electron chi connectivity index (χ1n) is 7.97. The molecule has 0 spiro atoms. The van der Waals surface area contributed by atoms with Crippen LogP contribution in [0.4, 0.5) is 4.79 Å². The third kappa shape index (κ3) is 2.66. The number of carbonyl (C=O) groups is 1. The van der Waals surface area contributed by atoms with Crippen molar-refractivity contribution in [3.63, 3.8) is 0 Å². The molecule has 2 amide bonds. The molecule has 0 radical (unpaired) electrons. The zero-order chi connectivity index (χ0) is 14.1. The number of likely N-dealkylation sites (N-methyl/N-ethyl adjacent to an activating group) is 1. The molecule has 0 aliphatic carbocycles. The molecule has 2 bridgehead atoms. The van der Waals surface area contributed by atoms with E-state index in [-0.39, 0.29) is 6.03 Å². The van der Waals surface area contributed by atoms with Crippen molar-refractivity contribution in [1.29, 1.82) is 0 Å². The first-order valence-corrected chi connectivity index (χ1v) is 7.97. The fourth-order valence-corrected chi connectivity index (χ4v) is 3.97. The fraction of sp³-hybridized carbons (Fsp3) is 0.933. The van der Waals surface area contributed by atoms with Crippen LogP contribution in [0.15, 0.2) is 0 Å². The number of nitrogens with zero attached hydrogens (tertiary/aromatic N) is 3. The predicted octanol–water partition coefficient (Wildman–Crippen LogP) is 1.39. The van der Waals surface area contributed by atoms with Gasteiger partial charge in [0.05, 0.1) is 6.10 Å². The first kappa shape index (κ1) is 14.1. The average molecular weight is 281 g/mol. The van der Waals surface area contributed by atoms with Crippen molar-refractivity contribution in [1.82, 2.24) is 14.7 Å². The van der Waals surface area contributed by atoms with Crippen molar-refractivity contribution in [2.24, 2.45) is 0 Å². The van der Waals surface area contributed by atoms with Crippen LogP contribution in [-0.4, -0.2) is 79.3 Å².